The normalized spacial score (nSPS) is 13.4. The second-order valence-electron chi connectivity index (χ2n) is 7.11. The molecular formula is C23H21FN4O2. The molecule has 1 aliphatic carbocycles. The molecule has 4 rings (SSSR count). The molecule has 6 nitrogen and oxygen atoms in total. The van der Waals surface area contributed by atoms with Crippen molar-refractivity contribution in [1.82, 2.24) is 20.4 Å². The maximum Gasteiger partial charge on any atom is 0.244 e. The number of aromatic nitrogens is 2. The van der Waals surface area contributed by atoms with Gasteiger partial charge < -0.3 is 10.6 Å². The minimum absolute atomic E-state index is 0.0617. The number of amides is 2. The van der Waals surface area contributed by atoms with Crippen LogP contribution in [0, 0.1) is 5.82 Å². The number of nitrogens with one attached hydrogen (secondary N) is 2. The van der Waals surface area contributed by atoms with Crippen molar-refractivity contribution in [3.05, 3.63) is 78.3 Å². The van der Waals surface area contributed by atoms with Gasteiger partial charge in [0, 0.05) is 29.4 Å². The van der Waals surface area contributed by atoms with Crippen LogP contribution in [0.2, 0.25) is 0 Å². The van der Waals surface area contributed by atoms with Gasteiger partial charge in [0.05, 0.1) is 17.9 Å². The van der Waals surface area contributed by atoms with E-state index in [9.17, 15) is 14.0 Å². The molecule has 1 heterocycles. The van der Waals surface area contributed by atoms with Gasteiger partial charge in [0.25, 0.3) is 0 Å². The summed E-state index contributed by atoms with van der Waals surface area (Å²) in [7, 11) is 0. The first-order valence-corrected chi connectivity index (χ1v) is 9.75. The molecule has 1 saturated carbocycles. The van der Waals surface area contributed by atoms with Gasteiger partial charge in [-0.15, -0.1) is 0 Å². The molecule has 2 N–H and O–H groups in total. The predicted molar refractivity (Wildman–Crippen MR) is 112 cm³/mol. The lowest BCUT2D eigenvalue weighted by atomic mass is 10.1. The second kappa shape index (κ2) is 8.73. The van der Waals surface area contributed by atoms with Gasteiger partial charge >= 0.3 is 0 Å². The highest BCUT2D eigenvalue weighted by Crippen LogP contribution is 2.25. The monoisotopic (exact) mass is 404 g/mol. The summed E-state index contributed by atoms with van der Waals surface area (Å²) in [5.41, 5.74) is 2.91. The second-order valence-corrected chi connectivity index (χ2v) is 7.11. The van der Waals surface area contributed by atoms with Gasteiger partial charge in [-0.05, 0) is 55.3 Å². The minimum Gasteiger partial charge on any atom is -0.352 e. The van der Waals surface area contributed by atoms with Crippen LogP contribution in [-0.2, 0) is 9.59 Å². The molecule has 152 valence electrons. The molecule has 30 heavy (non-hydrogen) atoms. The zero-order chi connectivity index (χ0) is 20.9. The predicted octanol–water partition coefficient (Wildman–Crippen LogP) is 3.09. The first kappa shape index (κ1) is 19.6. The molecule has 1 aliphatic rings. The molecule has 0 radical (unpaired) electrons. The molecule has 2 aromatic carbocycles. The van der Waals surface area contributed by atoms with Crippen molar-refractivity contribution in [3.8, 4) is 16.9 Å². The highest BCUT2D eigenvalue weighted by atomic mass is 19.1. The molecule has 0 spiro atoms. The van der Waals surface area contributed by atoms with Crippen LogP contribution in [0.15, 0.2) is 66.9 Å². The summed E-state index contributed by atoms with van der Waals surface area (Å²) in [5, 5.41) is 10.0. The summed E-state index contributed by atoms with van der Waals surface area (Å²) >= 11 is 0. The Morgan fingerprint density at radius 3 is 2.53 bits per heavy atom. The first-order valence-electron chi connectivity index (χ1n) is 9.75. The van der Waals surface area contributed by atoms with Gasteiger partial charge in [0.15, 0.2) is 0 Å². The molecule has 3 aromatic rings. The first-order chi connectivity index (χ1) is 14.6. The zero-order valence-electron chi connectivity index (χ0n) is 16.2. The Kier molecular flexibility index (Phi) is 5.70. The average molecular weight is 404 g/mol. The Labute approximate surface area is 173 Å². The van der Waals surface area contributed by atoms with Crippen molar-refractivity contribution in [2.75, 3.05) is 6.54 Å². The number of carbonyl (C=O) groups is 2. The number of hydrogen-bond acceptors (Lipinski definition) is 3. The summed E-state index contributed by atoms with van der Waals surface area (Å²) in [6, 6.07) is 15.9. The Bertz CT molecular complexity index is 1070. The van der Waals surface area contributed by atoms with Gasteiger partial charge in [-0.25, -0.2) is 9.07 Å². The third-order valence-corrected chi connectivity index (χ3v) is 4.66. The molecule has 0 unspecified atom stereocenters. The Morgan fingerprint density at radius 2 is 1.83 bits per heavy atom. The quantitative estimate of drug-likeness (QED) is 0.594. The van der Waals surface area contributed by atoms with Crippen molar-refractivity contribution in [2.24, 2.45) is 0 Å². The van der Waals surface area contributed by atoms with E-state index in [2.05, 4.69) is 15.7 Å². The van der Waals surface area contributed by atoms with E-state index in [1.54, 1.807) is 29.1 Å². The van der Waals surface area contributed by atoms with Crippen molar-refractivity contribution in [2.45, 2.75) is 18.9 Å². The van der Waals surface area contributed by atoms with Gasteiger partial charge in [0.2, 0.25) is 11.8 Å². The lowest BCUT2D eigenvalue weighted by molar-refractivity contribution is -0.124. The fourth-order valence-corrected chi connectivity index (χ4v) is 2.95. The number of para-hydroxylation sites is 1. The van der Waals surface area contributed by atoms with Crippen LogP contribution in [0.3, 0.4) is 0 Å². The van der Waals surface area contributed by atoms with Crippen molar-refractivity contribution >= 4 is 17.9 Å². The van der Waals surface area contributed by atoms with Crippen LogP contribution in [0.25, 0.3) is 23.0 Å². The maximum atomic E-state index is 13.3. The van der Waals surface area contributed by atoms with Crippen molar-refractivity contribution in [3.63, 3.8) is 0 Å². The molecular weight excluding hydrogens is 383 g/mol. The van der Waals surface area contributed by atoms with E-state index < -0.39 is 0 Å². The number of rotatable bonds is 7. The lowest BCUT2D eigenvalue weighted by Gasteiger charge is -2.03. The number of hydrogen-bond donors (Lipinski definition) is 2. The summed E-state index contributed by atoms with van der Waals surface area (Å²) in [4.78, 5) is 23.8. The smallest absolute Gasteiger partial charge is 0.244 e. The summed E-state index contributed by atoms with van der Waals surface area (Å²) in [6.45, 7) is -0.0617. The number of halogens is 1. The molecule has 7 heteroatoms. The maximum absolute atomic E-state index is 13.3. The topological polar surface area (TPSA) is 76.0 Å². The van der Waals surface area contributed by atoms with Crippen LogP contribution in [0.5, 0.6) is 0 Å². The van der Waals surface area contributed by atoms with E-state index in [0.29, 0.717) is 11.3 Å². The average Bonchev–Trinajstić information content (AvgIpc) is 3.47. The van der Waals surface area contributed by atoms with E-state index in [-0.39, 0.29) is 30.2 Å². The van der Waals surface area contributed by atoms with E-state index in [1.165, 1.54) is 18.2 Å². The van der Waals surface area contributed by atoms with E-state index in [1.807, 2.05) is 30.3 Å². The van der Waals surface area contributed by atoms with Gasteiger partial charge in [-0.1, -0.05) is 18.2 Å². The Balaban J connectivity index is 1.53. The van der Waals surface area contributed by atoms with Gasteiger partial charge in [-0.2, -0.15) is 5.10 Å². The molecule has 1 aromatic heterocycles. The van der Waals surface area contributed by atoms with Crippen molar-refractivity contribution < 1.29 is 14.0 Å². The fraction of sp³-hybridized carbons (Fsp3) is 0.174. The van der Waals surface area contributed by atoms with Crippen LogP contribution in [0.4, 0.5) is 4.39 Å². The standard InChI is InChI=1S/C23H21FN4O2/c24-18-9-6-16(7-10-18)23-17(15-28(27-23)20-4-2-1-3-5-20)8-13-21(29)25-14-22(30)26-19-11-12-19/h1-10,13,15,19H,11-12,14H2,(H,25,29)(H,26,30)/b13-8+. The largest absolute Gasteiger partial charge is 0.352 e. The van der Waals surface area contributed by atoms with Crippen LogP contribution in [-0.4, -0.2) is 34.2 Å². The summed E-state index contributed by atoms with van der Waals surface area (Å²) in [5.74, 6) is -0.899. The van der Waals surface area contributed by atoms with E-state index in [4.69, 9.17) is 0 Å². The highest BCUT2D eigenvalue weighted by molar-refractivity contribution is 5.95. The number of carbonyl (C=O) groups excluding carboxylic acids is 2. The third-order valence-electron chi connectivity index (χ3n) is 4.66. The molecule has 2 amide bonds. The third kappa shape index (κ3) is 5.00. The highest BCUT2D eigenvalue weighted by Gasteiger charge is 2.23. The molecule has 0 atom stereocenters. The molecule has 0 bridgehead atoms. The van der Waals surface area contributed by atoms with Crippen LogP contribution >= 0.6 is 0 Å². The minimum atomic E-state index is -0.376. The summed E-state index contributed by atoms with van der Waals surface area (Å²) in [6.07, 6.45) is 6.80. The van der Waals surface area contributed by atoms with Crippen molar-refractivity contribution in [1.29, 1.82) is 0 Å². The lowest BCUT2D eigenvalue weighted by Crippen LogP contribution is -2.37. The Morgan fingerprint density at radius 1 is 1.10 bits per heavy atom. The number of nitrogens with zero attached hydrogens (tertiary/aromatic N) is 2. The van der Waals surface area contributed by atoms with Gasteiger partial charge in [-0.3, -0.25) is 9.59 Å². The Hall–Kier alpha value is -3.74. The van der Waals surface area contributed by atoms with Crippen LogP contribution in [0.1, 0.15) is 18.4 Å². The summed E-state index contributed by atoms with van der Waals surface area (Å²) < 4.78 is 15.0. The van der Waals surface area contributed by atoms with Gasteiger partial charge in [0.1, 0.15) is 5.82 Å². The van der Waals surface area contributed by atoms with E-state index >= 15 is 0 Å². The molecule has 0 aliphatic heterocycles. The molecule has 0 saturated heterocycles. The fourth-order valence-electron chi connectivity index (χ4n) is 2.95. The zero-order valence-corrected chi connectivity index (χ0v) is 16.2. The number of benzene rings is 2. The molecule has 1 fully saturated rings. The van der Waals surface area contributed by atoms with E-state index in [0.717, 1.165) is 24.1 Å². The van der Waals surface area contributed by atoms with Crippen LogP contribution < -0.4 is 10.6 Å². The SMILES string of the molecule is O=C(/C=C/c1cn(-c2ccccc2)nc1-c1ccc(F)cc1)NCC(=O)NC1CC1.